The van der Waals surface area contributed by atoms with Crippen molar-refractivity contribution in [3.8, 4) is 0 Å². The van der Waals surface area contributed by atoms with Crippen molar-refractivity contribution in [1.82, 2.24) is 19.5 Å². The van der Waals surface area contributed by atoms with Gasteiger partial charge >= 0.3 is 0 Å². The highest BCUT2D eigenvalue weighted by Gasteiger charge is 2.32. The first-order chi connectivity index (χ1) is 8.16. The minimum Gasteiger partial charge on any atom is -0.390 e. The quantitative estimate of drug-likeness (QED) is 0.773. The first-order valence-electron chi connectivity index (χ1n) is 5.33. The topological polar surface area (TPSA) is 73.1 Å². The van der Waals surface area contributed by atoms with E-state index < -0.39 is 6.10 Å². The number of aromatic nitrogens is 4. The lowest BCUT2D eigenvalue weighted by atomic mass is 10.2. The molecule has 7 heteroatoms. The minimum absolute atomic E-state index is 0.185. The summed E-state index contributed by atoms with van der Waals surface area (Å²) in [7, 11) is 0. The van der Waals surface area contributed by atoms with Crippen LogP contribution in [0.5, 0.6) is 0 Å². The van der Waals surface area contributed by atoms with Crippen LogP contribution in [-0.4, -0.2) is 36.8 Å². The highest BCUT2D eigenvalue weighted by Crippen LogP contribution is 2.31. The summed E-state index contributed by atoms with van der Waals surface area (Å²) in [6, 6.07) is 0. The Hall–Kier alpha value is -1.24. The van der Waals surface area contributed by atoms with Gasteiger partial charge in [0.2, 0.25) is 0 Å². The molecule has 3 atom stereocenters. The number of fused-ring (bicyclic) bond motifs is 1. The Morgan fingerprint density at radius 3 is 3.00 bits per heavy atom. The summed E-state index contributed by atoms with van der Waals surface area (Å²) >= 11 is 5.92. The summed E-state index contributed by atoms with van der Waals surface area (Å²) in [4.78, 5) is 12.2. The van der Waals surface area contributed by atoms with Gasteiger partial charge in [-0.15, -0.1) is 0 Å². The third-order valence-electron chi connectivity index (χ3n) is 2.98. The average molecular weight is 255 g/mol. The van der Waals surface area contributed by atoms with Crippen LogP contribution in [0.1, 0.15) is 19.6 Å². The fourth-order valence-electron chi connectivity index (χ4n) is 2.01. The van der Waals surface area contributed by atoms with Crippen molar-refractivity contribution in [1.29, 1.82) is 0 Å². The van der Waals surface area contributed by atoms with Gasteiger partial charge in [-0.1, -0.05) is 11.6 Å². The summed E-state index contributed by atoms with van der Waals surface area (Å²) < 4.78 is 7.41. The van der Waals surface area contributed by atoms with E-state index in [9.17, 15) is 5.11 Å². The molecule has 1 N–H and O–H groups in total. The van der Waals surface area contributed by atoms with Crippen molar-refractivity contribution in [3.63, 3.8) is 0 Å². The molecule has 1 saturated heterocycles. The molecule has 0 spiro atoms. The van der Waals surface area contributed by atoms with Crippen molar-refractivity contribution in [2.45, 2.75) is 31.8 Å². The van der Waals surface area contributed by atoms with Crippen LogP contribution in [0.3, 0.4) is 0 Å². The van der Waals surface area contributed by atoms with Gasteiger partial charge in [0.25, 0.3) is 0 Å². The van der Waals surface area contributed by atoms with Gasteiger partial charge in [-0.3, -0.25) is 4.57 Å². The summed E-state index contributed by atoms with van der Waals surface area (Å²) in [6.07, 6.45) is 2.62. The highest BCUT2D eigenvalue weighted by atomic mass is 35.5. The molecule has 90 valence electrons. The second-order valence-corrected chi connectivity index (χ2v) is 4.45. The molecule has 1 aliphatic heterocycles. The standard InChI is InChI=1S/C10H11ClN4O2/c1-5-6(16)2-7(17-5)15-4-14-8-9(11)12-3-13-10(8)15/h3-7,16H,2H2,1H3/t5-,6+,7-/m1/s1. The largest absolute Gasteiger partial charge is 0.390 e. The van der Waals surface area contributed by atoms with Crippen LogP contribution in [-0.2, 0) is 4.74 Å². The number of hydrogen-bond acceptors (Lipinski definition) is 5. The molecule has 2 aromatic heterocycles. The van der Waals surface area contributed by atoms with E-state index in [-0.39, 0.29) is 12.3 Å². The maximum atomic E-state index is 9.68. The van der Waals surface area contributed by atoms with Crippen LogP contribution in [0, 0.1) is 0 Å². The third kappa shape index (κ3) is 1.69. The summed E-state index contributed by atoms with van der Waals surface area (Å²) in [5.74, 6) is 0. The van der Waals surface area contributed by atoms with E-state index in [1.54, 1.807) is 10.9 Å². The fourth-order valence-corrected chi connectivity index (χ4v) is 2.18. The summed E-state index contributed by atoms with van der Waals surface area (Å²) in [5.41, 5.74) is 1.17. The third-order valence-corrected chi connectivity index (χ3v) is 3.26. The Labute approximate surface area is 102 Å². The lowest BCUT2D eigenvalue weighted by Gasteiger charge is -2.12. The van der Waals surface area contributed by atoms with E-state index >= 15 is 0 Å². The molecule has 0 radical (unpaired) electrons. The zero-order chi connectivity index (χ0) is 12.0. The SMILES string of the molecule is C[C@H]1O[C@@H](n2cnc3c(Cl)ncnc32)C[C@@H]1O. The Balaban J connectivity index is 2.04. The normalized spacial score (nSPS) is 29.0. The predicted octanol–water partition coefficient (Wildman–Crippen LogP) is 1.15. The van der Waals surface area contributed by atoms with E-state index in [0.29, 0.717) is 22.7 Å². The Morgan fingerprint density at radius 2 is 2.29 bits per heavy atom. The molecule has 6 nitrogen and oxygen atoms in total. The Morgan fingerprint density at radius 1 is 1.47 bits per heavy atom. The number of aliphatic hydroxyl groups is 1. The number of halogens is 1. The van der Waals surface area contributed by atoms with Gasteiger partial charge in [-0.2, -0.15) is 0 Å². The summed E-state index contributed by atoms with van der Waals surface area (Å²) in [5, 5.41) is 10.00. The lowest BCUT2D eigenvalue weighted by molar-refractivity contribution is -0.00632. The van der Waals surface area contributed by atoms with Crippen molar-refractivity contribution in [2.24, 2.45) is 0 Å². The second-order valence-electron chi connectivity index (χ2n) is 4.09. The van der Waals surface area contributed by atoms with Gasteiger partial charge in [0, 0.05) is 6.42 Å². The van der Waals surface area contributed by atoms with E-state index in [1.165, 1.54) is 6.33 Å². The van der Waals surface area contributed by atoms with Crippen LogP contribution in [0.15, 0.2) is 12.7 Å². The van der Waals surface area contributed by atoms with Gasteiger partial charge in [0.15, 0.2) is 10.8 Å². The van der Waals surface area contributed by atoms with Crippen LogP contribution >= 0.6 is 11.6 Å². The summed E-state index contributed by atoms with van der Waals surface area (Å²) in [6.45, 7) is 1.84. The van der Waals surface area contributed by atoms with Gasteiger partial charge in [-0.25, -0.2) is 15.0 Å². The van der Waals surface area contributed by atoms with Gasteiger partial charge in [0.05, 0.1) is 18.5 Å². The maximum absolute atomic E-state index is 9.68. The zero-order valence-electron chi connectivity index (χ0n) is 9.12. The number of ether oxygens (including phenoxy) is 1. The molecule has 3 rings (SSSR count). The molecule has 0 saturated carbocycles. The molecule has 1 aliphatic rings. The predicted molar refractivity (Wildman–Crippen MR) is 60.5 cm³/mol. The Bertz CT molecular complexity index is 548. The molecular weight excluding hydrogens is 244 g/mol. The zero-order valence-corrected chi connectivity index (χ0v) is 9.87. The number of imidazole rings is 1. The van der Waals surface area contributed by atoms with Crippen LogP contribution < -0.4 is 0 Å². The number of nitrogens with zero attached hydrogens (tertiary/aromatic N) is 4. The van der Waals surface area contributed by atoms with E-state index in [2.05, 4.69) is 15.0 Å². The smallest absolute Gasteiger partial charge is 0.166 e. The molecule has 0 bridgehead atoms. The monoisotopic (exact) mass is 254 g/mol. The maximum Gasteiger partial charge on any atom is 0.166 e. The van der Waals surface area contributed by atoms with E-state index in [4.69, 9.17) is 16.3 Å². The molecule has 1 fully saturated rings. The molecule has 2 aromatic rings. The Kier molecular flexibility index (Phi) is 2.50. The molecule has 0 amide bonds. The molecule has 0 aromatic carbocycles. The molecular formula is C10H11ClN4O2. The van der Waals surface area contributed by atoms with Crippen molar-refractivity contribution in [3.05, 3.63) is 17.8 Å². The number of aliphatic hydroxyl groups excluding tert-OH is 1. The van der Waals surface area contributed by atoms with E-state index in [1.807, 2.05) is 6.92 Å². The molecule has 17 heavy (non-hydrogen) atoms. The fraction of sp³-hybridized carbons (Fsp3) is 0.500. The van der Waals surface area contributed by atoms with Gasteiger partial charge in [-0.05, 0) is 6.92 Å². The first-order valence-corrected chi connectivity index (χ1v) is 5.71. The highest BCUT2D eigenvalue weighted by molar-refractivity contribution is 6.33. The molecule has 3 heterocycles. The van der Waals surface area contributed by atoms with Gasteiger partial charge < -0.3 is 9.84 Å². The minimum atomic E-state index is -0.463. The molecule has 0 aliphatic carbocycles. The first kappa shape index (κ1) is 10.9. The average Bonchev–Trinajstić information content (AvgIpc) is 2.85. The number of rotatable bonds is 1. The van der Waals surface area contributed by atoms with Crippen molar-refractivity contribution >= 4 is 22.8 Å². The van der Waals surface area contributed by atoms with E-state index in [0.717, 1.165) is 0 Å². The van der Waals surface area contributed by atoms with Crippen LogP contribution in [0.2, 0.25) is 5.15 Å². The van der Waals surface area contributed by atoms with Crippen LogP contribution in [0.25, 0.3) is 11.2 Å². The number of hydrogen-bond donors (Lipinski definition) is 1. The second kappa shape index (κ2) is 3.90. The van der Waals surface area contributed by atoms with Gasteiger partial charge in [0.1, 0.15) is 18.1 Å². The van der Waals surface area contributed by atoms with Crippen molar-refractivity contribution in [2.75, 3.05) is 0 Å². The van der Waals surface area contributed by atoms with Crippen LogP contribution in [0.4, 0.5) is 0 Å². The molecule has 0 unspecified atom stereocenters. The lowest BCUT2D eigenvalue weighted by Crippen LogP contribution is -2.15. The van der Waals surface area contributed by atoms with Crippen molar-refractivity contribution < 1.29 is 9.84 Å².